The standard InChI is InChI=1S/C18H20N2O4/c1-22-13-8-9-19-16(11-13)18(21)20-15-6-2-3-7-17(15)24-12-14-5-4-10-23-14/h2-3,6-9,11,14H,4-5,10,12H2,1H3,(H,20,21). The second kappa shape index (κ2) is 7.79. The summed E-state index contributed by atoms with van der Waals surface area (Å²) in [4.78, 5) is 16.5. The Kier molecular flexibility index (Phi) is 5.28. The summed E-state index contributed by atoms with van der Waals surface area (Å²) >= 11 is 0. The van der Waals surface area contributed by atoms with Gasteiger partial charge in [0.15, 0.2) is 0 Å². The molecule has 6 nitrogen and oxygen atoms in total. The Morgan fingerprint density at radius 2 is 2.25 bits per heavy atom. The fraction of sp³-hybridized carbons (Fsp3) is 0.333. The molecule has 1 N–H and O–H groups in total. The number of benzene rings is 1. The number of hydrogen-bond acceptors (Lipinski definition) is 5. The summed E-state index contributed by atoms with van der Waals surface area (Å²) in [6, 6.07) is 10.6. The topological polar surface area (TPSA) is 69.7 Å². The van der Waals surface area contributed by atoms with E-state index in [9.17, 15) is 4.79 Å². The van der Waals surface area contributed by atoms with Gasteiger partial charge in [-0.15, -0.1) is 0 Å². The minimum atomic E-state index is -0.318. The second-order valence-electron chi connectivity index (χ2n) is 5.48. The molecule has 0 aliphatic carbocycles. The normalized spacial score (nSPS) is 16.6. The fourth-order valence-corrected chi connectivity index (χ4v) is 2.50. The molecule has 2 heterocycles. The Morgan fingerprint density at radius 1 is 1.38 bits per heavy atom. The van der Waals surface area contributed by atoms with E-state index in [1.165, 1.54) is 6.20 Å². The molecule has 0 radical (unpaired) electrons. The Morgan fingerprint density at radius 3 is 3.04 bits per heavy atom. The average molecular weight is 328 g/mol. The molecule has 126 valence electrons. The first-order chi connectivity index (χ1) is 11.8. The molecule has 1 amide bonds. The smallest absolute Gasteiger partial charge is 0.274 e. The summed E-state index contributed by atoms with van der Waals surface area (Å²) in [6.45, 7) is 1.26. The zero-order valence-corrected chi connectivity index (χ0v) is 13.5. The fourth-order valence-electron chi connectivity index (χ4n) is 2.50. The average Bonchev–Trinajstić information content (AvgIpc) is 3.14. The number of pyridine rings is 1. The predicted octanol–water partition coefficient (Wildman–Crippen LogP) is 2.90. The maximum absolute atomic E-state index is 12.4. The third-order valence-corrected chi connectivity index (χ3v) is 3.78. The lowest BCUT2D eigenvalue weighted by Crippen LogP contribution is -2.18. The first kappa shape index (κ1) is 16.3. The molecule has 0 saturated carbocycles. The van der Waals surface area contributed by atoms with Crippen molar-refractivity contribution in [1.29, 1.82) is 0 Å². The first-order valence-electron chi connectivity index (χ1n) is 7.91. The van der Waals surface area contributed by atoms with Crippen LogP contribution in [0.25, 0.3) is 0 Å². The van der Waals surface area contributed by atoms with Crippen LogP contribution in [-0.2, 0) is 4.74 Å². The Balaban J connectivity index is 1.68. The molecule has 1 saturated heterocycles. The highest BCUT2D eigenvalue weighted by Gasteiger charge is 2.17. The number of carbonyl (C=O) groups is 1. The van der Waals surface area contributed by atoms with Gasteiger partial charge in [0.1, 0.15) is 23.8 Å². The van der Waals surface area contributed by atoms with Crippen molar-refractivity contribution in [2.24, 2.45) is 0 Å². The number of anilines is 1. The van der Waals surface area contributed by atoms with Gasteiger partial charge in [-0.25, -0.2) is 0 Å². The number of para-hydroxylation sites is 2. The summed E-state index contributed by atoms with van der Waals surface area (Å²) < 4.78 is 16.5. The van der Waals surface area contributed by atoms with E-state index in [0.717, 1.165) is 19.4 Å². The van der Waals surface area contributed by atoms with Crippen molar-refractivity contribution in [3.05, 3.63) is 48.3 Å². The van der Waals surface area contributed by atoms with Gasteiger partial charge in [0.2, 0.25) is 0 Å². The lowest BCUT2D eigenvalue weighted by Gasteiger charge is -2.15. The van der Waals surface area contributed by atoms with Gasteiger partial charge in [-0.05, 0) is 31.0 Å². The van der Waals surface area contributed by atoms with Crippen molar-refractivity contribution in [3.8, 4) is 11.5 Å². The molecule has 1 fully saturated rings. The van der Waals surface area contributed by atoms with Gasteiger partial charge < -0.3 is 19.5 Å². The number of carbonyl (C=O) groups excluding carboxylic acids is 1. The Labute approximate surface area is 140 Å². The molecule has 24 heavy (non-hydrogen) atoms. The van der Waals surface area contributed by atoms with E-state index in [1.807, 2.05) is 18.2 Å². The van der Waals surface area contributed by atoms with Gasteiger partial charge in [-0.1, -0.05) is 12.1 Å². The molecule has 0 spiro atoms. The van der Waals surface area contributed by atoms with E-state index in [4.69, 9.17) is 14.2 Å². The number of rotatable bonds is 6. The number of nitrogens with zero attached hydrogens (tertiary/aromatic N) is 1. The van der Waals surface area contributed by atoms with Crippen molar-refractivity contribution in [2.75, 3.05) is 25.6 Å². The third kappa shape index (κ3) is 4.02. The Hall–Kier alpha value is -2.60. The number of amides is 1. The van der Waals surface area contributed by atoms with Gasteiger partial charge in [0.25, 0.3) is 5.91 Å². The quantitative estimate of drug-likeness (QED) is 0.883. The van der Waals surface area contributed by atoms with Crippen LogP contribution in [0.15, 0.2) is 42.6 Å². The third-order valence-electron chi connectivity index (χ3n) is 3.78. The number of nitrogens with one attached hydrogen (secondary N) is 1. The minimum Gasteiger partial charge on any atom is -0.497 e. The van der Waals surface area contributed by atoms with E-state index in [0.29, 0.717) is 23.8 Å². The summed E-state index contributed by atoms with van der Waals surface area (Å²) in [5.41, 5.74) is 0.883. The van der Waals surface area contributed by atoms with Crippen LogP contribution in [0.2, 0.25) is 0 Å². The molecule has 2 aromatic rings. The Bertz CT molecular complexity index is 699. The van der Waals surface area contributed by atoms with Crippen molar-refractivity contribution < 1.29 is 19.0 Å². The van der Waals surface area contributed by atoms with Crippen molar-refractivity contribution in [2.45, 2.75) is 18.9 Å². The van der Waals surface area contributed by atoms with Gasteiger partial charge in [-0.2, -0.15) is 0 Å². The summed E-state index contributed by atoms with van der Waals surface area (Å²) in [7, 11) is 1.55. The SMILES string of the molecule is COc1ccnc(C(=O)Nc2ccccc2OCC2CCCO2)c1. The zero-order chi connectivity index (χ0) is 16.8. The van der Waals surface area contributed by atoms with Crippen LogP contribution < -0.4 is 14.8 Å². The van der Waals surface area contributed by atoms with E-state index < -0.39 is 0 Å². The van der Waals surface area contributed by atoms with Crippen molar-refractivity contribution in [3.63, 3.8) is 0 Å². The lowest BCUT2D eigenvalue weighted by atomic mass is 10.2. The maximum atomic E-state index is 12.4. The molecule has 1 aromatic carbocycles. The van der Waals surface area contributed by atoms with E-state index in [2.05, 4.69) is 10.3 Å². The highest BCUT2D eigenvalue weighted by molar-refractivity contribution is 6.03. The second-order valence-corrected chi connectivity index (χ2v) is 5.48. The first-order valence-corrected chi connectivity index (χ1v) is 7.91. The zero-order valence-electron chi connectivity index (χ0n) is 13.5. The van der Waals surface area contributed by atoms with Crippen LogP contribution in [-0.4, -0.2) is 37.3 Å². The number of aromatic nitrogens is 1. The monoisotopic (exact) mass is 328 g/mol. The number of hydrogen-bond donors (Lipinski definition) is 1. The highest BCUT2D eigenvalue weighted by Crippen LogP contribution is 2.25. The largest absolute Gasteiger partial charge is 0.497 e. The number of methoxy groups -OCH3 is 1. The summed E-state index contributed by atoms with van der Waals surface area (Å²) in [5, 5.41) is 2.83. The van der Waals surface area contributed by atoms with Crippen LogP contribution in [0.4, 0.5) is 5.69 Å². The molecular formula is C18H20N2O4. The van der Waals surface area contributed by atoms with E-state index >= 15 is 0 Å². The molecule has 1 unspecified atom stereocenters. The molecule has 1 aromatic heterocycles. The van der Waals surface area contributed by atoms with Gasteiger partial charge in [0, 0.05) is 18.9 Å². The highest BCUT2D eigenvalue weighted by atomic mass is 16.5. The molecular weight excluding hydrogens is 308 g/mol. The summed E-state index contributed by atoms with van der Waals surface area (Å²) in [5.74, 6) is 0.879. The summed E-state index contributed by atoms with van der Waals surface area (Å²) in [6.07, 6.45) is 3.72. The molecule has 6 heteroatoms. The van der Waals surface area contributed by atoms with Gasteiger partial charge in [-0.3, -0.25) is 9.78 Å². The van der Waals surface area contributed by atoms with Crippen LogP contribution in [0.3, 0.4) is 0 Å². The molecule has 1 aliphatic rings. The molecule has 1 atom stereocenters. The van der Waals surface area contributed by atoms with Gasteiger partial charge >= 0.3 is 0 Å². The van der Waals surface area contributed by atoms with Crippen LogP contribution in [0.1, 0.15) is 23.3 Å². The van der Waals surface area contributed by atoms with Crippen molar-refractivity contribution in [1.82, 2.24) is 4.98 Å². The van der Waals surface area contributed by atoms with Gasteiger partial charge in [0.05, 0.1) is 18.9 Å². The van der Waals surface area contributed by atoms with E-state index in [1.54, 1.807) is 25.3 Å². The van der Waals surface area contributed by atoms with Crippen molar-refractivity contribution >= 4 is 11.6 Å². The molecule has 0 bridgehead atoms. The molecule has 1 aliphatic heterocycles. The minimum absolute atomic E-state index is 0.119. The number of ether oxygens (including phenoxy) is 3. The lowest BCUT2D eigenvalue weighted by molar-refractivity contribution is 0.0682. The molecule has 3 rings (SSSR count). The van der Waals surface area contributed by atoms with Crippen LogP contribution >= 0.6 is 0 Å². The van der Waals surface area contributed by atoms with E-state index in [-0.39, 0.29) is 17.7 Å². The predicted molar refractivity (Wildman–Crippen MR) is 89.7 cm³/mol. The van der Waals surface area contributed by atoms with Crippen LogP contribution in [0.5, 0.6) is 11.5 Å². The maximum Gasteiger partial charge on any atom is 0.274 e. The van der Waals surface area contributed by atoms with Crippen LogP contribution in [0, 0.1) is 0 Å².